The van der Waals surface area contributed by atoms with Gasteiger partial charge in [-0.2, -0.15) is 0 Å². The van der Waals surface area contributed by atoms with Crippen molar-refractivity contribution in [2.24, 2.45) is 0 Å². The third kappa shape index (κ3) is 4.54. The van der Waals surface area contributed by atoms with Gasteiger partial charge in [-0.1, -0.05) is 13.0 Å². The lowest BCUT2D eigenvalue weighted by atomic mass is 10.1. The fraction of sp³-hybridized carbons (Fsp3) is 0.235. The lowest BCUT2D eigenvalue weighted by molar-refractivity contribution is 0.0953. The van der Waals surface area contributed by atoms with E-state index in [1.165, 1.54) is 18.5 Å². The average molecular weight is 313 g/mol. The van der Waals surface area contributed by atoms with Crippen molar-refractivity contribution in [2.75, 3.05) is 19.0 Å². The van der Waals surface area contributed by atoms with Gasteiger partial charge in [0.05, 0.1) is 18.2 Å². The number of nitrogens with zero attached hydrogens (tertiary/aromatic N) is 1. The Morgan fingerprint density at radius 3 is 2.57 bits per heavy atom. The van der Waals surface area contributed by atoms with Crippen molar-refractivity contribution in [3.63, 3.8) is 0 Å². The van der Waals surface area contributed by atoms with Crippen molar-refractivity contribution in [1.82, 2.24) is 10.3 Å². The van der Waals surface area contributed by atoms with E-state index in [4.69, 9.17) is 4.74 Å². The van der Waals surface area contributed by atoms with E-state index in [0.717, 1.165) is 6.42 Å². The maximum Gasteiger partial charge on any atom is 0.257 e. The summed E-state index contributed by atoms with van der Waals surface area (Å²) < 4.78 is 5.11. The number of hydrogen-bond acceptors (Lipinski definition) is 4. The number of ether oxygens (including phenoxy) is 1. The second-order valence-corrected chi connectivity index (χ2v) is 4.90. The maximum atomic E-state index is 12.3. The van der Waals surface area contributed by atoms with Gasteiger partial charge in [0.25, 0.3) is 11.8 Å². The van der Waals surface area contributed by atoms with Gasteiger partial charge in [-0.15, -0.1) is 0 Å². The van der Waals surface area contributed by atoms with Crippen LogP contribution in [0.3, 0.4) is 0 Å². The molecule has 1 aromatic heterocycles. The van der Waals surface area contributed by atoms with Crippen LogP contribution in [0.2, 0.25) is 0 Å². The molecule has 1 aromatic carbocycles. The van der Waals surface area contributed by atoms with E-state index in [1.54, 1.807) is 31.4 Å². The molecule has 0 spiro atoms. The van der Waals surface area contributed by atoms with Crippen LogP contribution in [0, 0.1) is 0 Å². The Morgan fingerprint density at radius 1 is 1.13 bits per heavy atom. The molecule has 0 aliphatic rings. The molecule has 0 aliphatic heterocycles. The predicted octanol–water partition coefficient (Wildman–Crippen LogP) is 2.48. The van der Waals surface area contributed by atoms with Crippen LogP contribution >= 0.6 is 0 Å². The SMILES string of the molecule is CCCNC(=O)c1cncc(C(=O)Nc2cccc(OC)c2)c1. The standard InChI is InChI=1S/C17H19N3O3/c1-3-7-19-16(21)12-8-13(11-18-10-12)17(22)20-14-5-4-6-15(9-14)23-2/h4-6,8-11H,3,7H2,1-2H3,(H,19,21)(H,20,22). The van der Waals surface area contributed by atoms with Gasteiger partial charge in [-0.25, -0.2) is 0 Å². The molecule has 23 heavy (non-hydrogen) atoms. The summed E-state index contributed by atoms with van der Waals surface area (Å²) in [5.74, 6) is 0.0693. The summed E-state index contributed by atoms with van der Waals surface area (Å²) in [5, 5.41) is 5.50. The maximum absolute atomic E-state index is 12.3. The van der Waals surface area contributed by atoms with E-state index >= 15 is 0 Å². The van der Waals surface area contributed by atoms with E-state index in [2.05, 4.69) is 15.6 Å². The largest absolute Gasteiger partial charge is 0.497 e. The van der Waals surface area contributed by atoms with Crippen molar-refractivity contribution in [1.29, 1.82) is 0 Å². The monoisotopic (exact) mass is 313 g/mol. The second-order valence-electron chi connectivity index (χ2n) is 4.90. The molecule has 2 amide bonds. The molecule has 6 nitrogen and oxygen atoms in total. The minimum atomic E-state index is -0.337. The van der Waals surface area contributed by atoms with E-state index in [1.807, 2.05) is 6.92 Å². The number of pyridine rings is 1. The summed E-state index contributed by atoms with van der Waals surface area (Å²) in [7, 11) is 1.56. The number of amides is 2. The number of carbonyl (C=O) groups is 2. The summed E-state index contributed by atoms with van der Waals surface area (Å²) in [4.78, 5) is 28.2. The van der Waals surface area contributed by atoms with Gasteiger partial charge in [0, 0.05) is 30.7 Å². The number of nitrogens with one attached hydrogen (secondary N) is 2. The van der Waals surface area contributed by atoms with E-state index in [-0.39, 0.29) is 11.8 Å². The Hall–Kier alpha value is -2.89. The first-order chi connectivity index (χ1) is 11.1. The third-order valence-electron chi connectivity index (χ3n) is 3.13. The molecule has 0 radical (unpaired) electrons. The quantitative estimate of drug-likeness (QED) is 0.858. The van der Waals surface area contributed by atoms with Crippen molar-refractivity contribution in [3.05, 3.63) is 53.9 Å². The first-order valence-electron chi connectivity index (χ1n) is 7.32. The van der Waals surface area contributed by atoms with E-state index in [9.17, 15) is 9.59 Å². The molecule has 2 N–H and O–H groups in total. The number of anilines is 1. The molecule has 120 valence electrons. The smallest absolute Gasteiger partial charge is 0.257 e. The first-order valence-corrected chi connectivity index (χ1v) is 7.32. The molecule has 0 unspecified atom stereocenters. The van der Waals surface area contributed by atoms with Crippen LogP contribution < -0.4 is 15.4 Å². The van der Waals surface area contributed by atoms with Crippen LogP contribution in [-0.4, -0.2) is 30.5 Å². The van der Waals surface area contributed by atoms with Gasteiger partial charge in [0.15, 0.2) is 0 Å². The van der Waals surface area contributed by atoms with Gasteiger partial charge >= 0.3 is 0 Å². The van der Waals surface area contributed by atoms with Crippen molar-refractivity contribution in [2.45, 2.75) is 13.3 Å². The Labute approximate surface area is 134 Å². The minimum absolute atomic E-state index is 0.240. The highest BCUT2D eigenvalue weighted by Crippen LogP contribution is 2.17. The van der Waals surface area contributed by atoms with Gasteiger partial charge < -0.3 is 15.4 Å². The zero-order chi connectivity index (χ0) is 16.7. The molecule has 2 aromatic rings. The molecule has 6 heteroatoms. The average Bonchev–Trinajstić information content (AvgIpc) is 2.59. The number of methoxy groups -OCH3 is 1. The van der Waals surface area contributed by atoms with E-state index in [0.29, 0.717) is 29.1 Å². The van der Waals surface area contributed by atoms with Crippen molar-refractivity contribution < 1.29 is 14.3 Å². The Morgan fingerprint density at radius 2 is 1.87 bits per heavy atom. The molecular weight excluding hydrogens is 294 g/mol. The highest BCUT2D eigenvalue weighted by molar-refractivity contribution is 6.05. The highest BCUT2D eigenvalue weighted by Gasteiger charge is 2.11. The van der Waals surface area contributed by atoms with Crippen LogP contribution in [0.1, 0.15) is 34.1 Å². The summed E-state index contributed by atoms with van der Waals surface area (Å²) >= 11 is 0. The van der Waals surface area contributed by atoms with Crippen LogP contribution in [0.5, 0.6) is 5.75 Å². The molecule has 0 saturated heterocycles. The fourth-order valence-corrected chi connectivity index (χ4v) is 1.93. The Bertz CT molecular complexity index is 701. The molecule has 2 rings (SSSR count). The third-order valence-corrected chi connectivity index (χ3v) is 3.13. The number of hydrogen-bond donors (Lipinski definition) is 2. The second kappa shape index (κ2) is 7.93. The lowest BCUT2D eigenvalue weighted by Crippen LogP contribution is -2.24. The highest BCUT2D eigenvalue weighted by atomic mass is 16.5. The topological polar surface area (TPSA) is 80.3 Å². The molecular formula is C17H19N3O3. The molecule has 0 fully saturated rings. The van der Waals surface area contributed by atoms with Gasteiger partial charge in [-0.05, 0) is 24.6 Å². The van der Waals surface area contributed by atoms with E-state index < -0.39 is 0 Å². The lowest BCUT2D eigenvalue weighted by Gasteiger charge is -2.08. The summed E-state index contributed by atoms with van der Waals surface area (Å²) in [5.41, 5.74) is 1.28. The number of rotatable bonds is 6. The predicted molar refractivity (Wildman–Crippen MR) is 87.8 cm³/mol. The number of benzene rings is 1. The Balaban J connectivity index is 2.11. The van der Waals surface area contributed by atoms with Crippen LogP contribution in [0.25, 0.3) is 0 Å². The van der Waals surface area contributed by atoms with Crippen molar-refractivity contribution >= 4 is 17.5 Å². The molecule has 0 bridgehead atoms. The minimum Gasteiger partial charge on any atom is -0.497 e. The summed E-state index contributed by atoms with van der Waals surface area (Å²) in [6, 6.07) is 8.56. The number of aromatic nitrogens is 1. The molecule has 1 heterocycles. The fourth-order valence-electron chi connectivity index (χ4n) is 1.93. The first kappa shape index (κ1) is 16.5. The van der Waals surface area contributed by atoms with Gasteiger partial charge in [0.1, 0.15) is 5.75 Å². The molecule has 0 aliphatic carbocycles. The number of carbonyl (C=O) groups excluding carboxylic acids is 2. The zero-order valence-electron chi connectivity index (χ0n) is 13.1. The molecule has 0 atom stereocenters. The normalized spacial score (nSPS) is 10.0. The van der Waals surface area contributed by atoms with Crippen LogP contribution in [0.4, 0.5) is 5.69 Å². The zero-order valence-corrected chi connectivity index (χ0v) is 13.1. The summed E-state index contributed by atoms with van der Waals surface area (Å²) in [6.07, 6.45) is 3.70. The van der Waals surface area contributed by atoms with Gasteiger partial charge in [-0.3, -0.25) is 14.6 Å². The van der Waals surface area contributed by atoms with Crippen molar-refractivity contribution in [3.8, 4) is 5.75 Å². The summed E-state index contributed by atoms with van der Waals surface area (Å²) in [6.45, 7) is 2.55. The Kier molecular flexibility index (Phi) is 5.68. The van der Waals surface area contributed by atoms with Crippen LogP contribution in [0.15, 0.2) is 42.7 Å². The van der Waals surface area contributed by atoms with Crippen LogP contribution in [-0.2, 0) is 0 Å². The molecule has 0 saturated carbocycles. The van der Waals surface area contributed by atoms with Gasteiger partial charge in [0.2, 0.25) is 0 Å².